The highest BCUT2D eigenvalue weighted by atomic mass is 16.7. The van der Waals surface area contributed by atoms with Gasteiger partial charge in [0.1, 0.15) is 30.5 Å². The molecule has 10 heteroatoms. The Morgan fingerprint density at radius 2 is 1.34 bits per heavy atom. The fourth-order valence-corrected chi connectivity index (χ4v) is 4.51. The number of carbonyl (C=O) groups is 2. The standard InChI is InChI=1S/C28H54N2O8/c1-3-5-7-9-10-11-12-14-16-18-29-27(36)21(30-23(32)17-15-13-8-6-4-2)20-37-28-26(35)25(34)24(33)22(19-31)38-28/h21-22,24-26,28,31,33-35H,3-20H2,1-2H3,(H,29,36)(H,30,32)/t21-,22+,24-,25-,26+,28-/m0/s1. The first-order valence-corrected chi connectivity index (χ1v) is 14.8. The molecule has 0 saturated carbocycles. The molecule has 0 unspecified atom stereocenters. The topological polar surface area (TPSA) is 158 Å². The monoisotopic (exact) mass is 546 g/mol. The second-order valence-electron chi connectivity index (χ2n) is 10.4. The van der Waals surface area contributed by atoms with Gasteiger partial charge in [0.15, 0.2) is 6.29 Å². The second-order valence-corrected chi connectivity index (χ2v) is 10.4. The average Bonchev–Trinajstić information content (AvgIpc) is 2.91. The molecule has 10 nitrogen and oxygen atoms in total. The van der Waals surface area contributed by atoms with Crippen LogP contribution in [0.25, 0.3) is 0 Å². The van der Waals surface area contributed by atoms with Crippen LogP contribution in [0.3, 0.4) is 0 Å². The molecule has 1 fully saturated rings. The molecular formula is C28H54N2O8. The van der Waals surface area contributed by atoms with Gasteiger partial charge in [0.05, 0.1) is 13.2 Å². The zero-order chi connectivity index (χ0) is 28.2. The zero-order valence-corrected chi connectivity index (χ0v) is 23.6. The number of amides is 2. The van der Waals surface area contributed by atoms with Crippen LogP contribution in [0.2, 0.25) is 0 Å². The highest BCUT2D eigenvalue weighted by Crippen LogP contribution is 2.22. The molecular weight excluding hydrogens is 492 g/mol. The van der Waals surface area contributed by atoms with E-state index in [9.17, 15) is 30.0 Å². The van der Waals surface area contributed by atoms with Gasteiger partial charge in [0, 0.05) is 13.0 Å². The Hall–Kier alpha value is -1.30. The van der Waals surface area contributed by atoms with E-state index in [0.717, 1.165) is 51.4 Å². The lowest BCUT2D eigenvalue weighted by atomic mass is 9.99. The summed E-state index contributed by atoms with van der Waals surface area (Å²) < 4.78 is 10.9. The van der Waals surface area contributed by atoms with Crippen molar-refractivity contribution in [2.75, 3.05) is 19.8 Å². The molecule has 1 rings (SSSR count). The molecule has 6 N–H and O–H groups in total. The molecule has 0 spiro atoms. The number of ether oxygens (including phenoxy) is 2. The highest BCUT2D eigenvalue weighted by Gasteiger charge is 2.44. The summed E-state index contributed by atoms with van der Waals surface area (Å²) in [4.78, 5) is 25.4. The van der Waals surface area contributed by atoms with Gasteiger partial charge in [-0.3, -0.25) is 9.59 Å². The van der Waals surface area contributed by atoms with Crippen molar-refractivity contribution in [2.45, 2.75) is 147 Å². The molecule has 38 heavy (non-hydrogen) atoms. The van der Waals surface area contributed by atoms with E-state index in [1.54, 1.807) is 0 Å². The van der Waals surface area contributed by atoms with E-state index in [4.69, 9.17) is 9.47 Å². The molecule has 0 aromatic rings. The fraction of sp³-hybridized carbons (Fsp3) is 0.929. The molecule has 2 amide bonds. The lowest BCUT2D eigenvalue weighted by Gasteiger charge is -2.39. The van der Waals surface area contributed by atoms with Crippen molar-refractivity contribution in [3.8, 4) is 0 Å². The maximum atomic E-state index is 12.9. The molecule has 6 atom stereocenters. The van der Waals surface area contributed by atoms with Gasteiger partial charge in [-0.15, -0.1) is 0 Å². The van der Waals surface area contributed by atoms with Gasteiger partial charge in [-0.1, -0.05) is 90.9 Å². The van der Waals surface area contributed by atoms with E-state index < -0.39 is 49.3 Å². The first-order chi connectivity index (χ1) is 18.3. The van der Waals surface area contributed by atoms with Gasteiger partial charge >= 0.3 is 0 Å². The zero-order valence-electron chi connectivity index (χ0n) is 23.6. The van der Waals surface area contributed by atoms with Crippen LogP contribution >= 0.6 is 0 Å². The molecule has 0 aliphatic carbocycles. The summed E-state index contributed by atoms with van der Waals surface area (Å²) >= 11 is 0. The molecule has 1 heterocycles. The summed E-state index contributed by atoms with van der Waals surface area (Å²) in [6.07, 6.45) is 8.65. The summed E-state index contributed by atoms with van der Waals surface area (Å²) in [5, 5.41) is 45.1. The van der Waals surface area contributed by atoms with Crippen LogP contribution in [0.4, 0.5) is 0 Å². The normalized spacial score (nSPS) is 24.2. The van der Waals surface area contributed by atoms with Crippen LogP contribution in [-0.2, 0) is 19.1 Å². The SMILES string of the molecule is CCCCCCCCCCCNC(=O)[C@H](CO[C@H]1O[C@H](CO)[C@H](O)[C@H](O)[C@H]1O)NC(=O)CCCCCCC. The van der Waals surface area contributed by atoms with E-state index in [1.807, 2.05) is 0 Å². The third-order valence-corrected chi connectivity index (χ3v) is 7.01. The largest absolute Gasteiger partial charge is 0.394 e. The van der Waals surface area contributed by atoms with Crippen molar-refractivity contribution < 1.29 is 39.5 Å². The van der Waals surface area contributed by atoms with Gasteiger partial charge in [-0.2, -0.15) is 0 Å². The van der Waals surface area contributed by atoms with Gasteiger partial charge in [-0.05, 0) is 12.8 Å². The number of carbonyl (C=O) groups excluding carboxylic acids is 2. The minimum Gasteiger partial charge on any atom is -0.394 e. The van der Waals surface area contributed by atoms with Crippen molar-refractivity contribution >= 4 is 11.8 Å². The molecule has 224 valence electrons. The van der Waals surface area contributed by atoms with Crippen LogP contribution in [0, 0.1) is 0 Å². The summed E-state index contributed by atoms with van der Waals surface area (Å²) in [7, 11) is 0. The molecule has 0 aromatic carbocycles. The van der Waals surface area contributed by atoms with Gasteiger partial charge in [-0.25, -0.2) is 0 Å². The molecule has 1 saturated heterocycles. The maximum Gasteiger partial charge on any atom is 0.244 e. The molecule has 0 bridgehead atoms. The smallest absolute Gasteiger partial charge is 0.244 e. The Balaban J connectivity index is 2.53. The molecule has 0 aromatic heterocycles. The number of hydrogen-bond acceptors (Lipinski definition) is 8. The summed E-state index contributed by atoms with van der Waals surface area (Å²) in [5.41, 5.74) is 0. The van der Waals surface area contributed by atoms with E-state index >= 15 is 0 Å². The Kier molecular flexibility index (Phi) is 19.7. The van der Waals surface area contributed by atoms with E-state index in [2.05, 4.69) is 24.5 Å². The minimum atomic E-state index is -1.58. The number of aliphatic hydroxyl groups is 4. The Morgan fingerprint density at radius 1 is 0.789 bits per heavy atom. The molecule has 1 aliphatic heterocycles. The lowest BCUT2D eigenvalue weighted by Crippen LogP contribution is -2.60. The average molecular weight is 547 g/mol. The first kappa shape index (κ1) is 34.7. The van der Waals surface area contributed by atoms with E-state index in [-0.39, 0.29) is 12.5 Å². The fourth-order valence-electron chi connectivity index (χ4n) is 4.51. The van der Waals surface area contributed by atoms with Gasteiger partial charge < -0.3 is 40.5 Å². The molecule has 1 aliphatic rings. The summed E-state index contributed by atoms with van der Waals surface area (Å²) in [5.74, 6) is -0.657. The second kappa shape index (κ2) is 21.5. The van der Waals surface area contributed by atoms with Crippen molar-refractivity contribution in [2.24, 2.45) is 0 Å². The predicted molar refractivity (Wildman–Crippen MR) is 145 cm³/mol. The Labute approximate surface area is 228 Å². The van der Waals surface area contributed by atoms with Crippen molar-refractivity contribution in [3.05, 3.63) is 0 Å². The summed E-state index contributed by atoms with van der Waals surface area (Å²) in [6.45, 7) is 3.94. The number of rotatable bonds is 22. The minimum absolute atomic E-state index is 0.262. The third-order valence-electron chi connectivity index (χ3n) is 7.01. The van der Waals surface area contributed by atoms with Gasteiger partial charge in [0.2, 0.25) is 11.8 Å². The van der Waals surface area contributed by atoms with Crippen molar-refractivity contribution in [3.63, 3.8) is 0 Å². The van der Waals surface area contributed by atoms with Gasteiger partial charge in [0.25, 0.3) is 0 Å². The Morgan fingerprint density at radius 3 is 1.92 bits per heavy atom. The van der Waals surface area contributed by atoms with Crippen LogP contribution < -0.4 is 10.6 Å². The van der Waals surface area contributed by atoms with E-state index in [1.165, 1.54) is 38.5 Å². The molecule has 0 radical (unpaired) electrons. The number of nitrogens with one attached hydrogen (secondary N) is 2. The first-order valence-electron chi connectivity index (χ1n) is 14.8. The van der Waals surface area contributed by atoms with Crippen LogP contribution in [0.15, 0.2) is 0 Å². The van der Waals surface area contributed by atoms with Crippen molar-refractivity contribution in [1.29, 1.82) is 0 Å². The summed E-state index contributed by atoms with van der Waals surface area (Å²) in [6, 6.07) is -1.01. The highest BCUT2D eigenvalue weighted by molar-refractivity contribution is 5.87. The van der Waals surface area contributed by atoms with Crippen LogP contribution in [0.1, 0.15) is 110 Å². The van der Waals surface area contributed by atoms with Crippen LogP contribution in [-0.4, -0.2) is 88.7 Å². The third kappa shape index (κ3) is 14.2. The van der Waals surface area contributed by atoms with Crippen molar-refractivity contribution in [1.82, 2.24) is 10.6 Å². The lowest BCUT2D eigenvalue weighted by molar-refractivity contribution is -0.301. The van der Waals surface area contributed by atoms with Crippen LogP contribution in [0.5, 0.6) is 0 Å². The quantitative estimate of drug-likeness (QED) is 0.113. The predicted octanol–water partition coefficient (Wildman–Crippen LogP) is 2.30. The Bertz CT molecular complexity index is 622. The number of unbranched alkanes of at least 4 members (excludes halogenated alkanes) is 12. The number of hydrogen-bond donors (Lipinski definition) is 6. The maximum absolute atomic E-state index is 12.9. The van der Waals surface area contributed by atoms with E-state index in [0.29, 0.717) is 13.0 Å². The number of aliphatic hydroxyl groups excluding tert-OH is 4.